The molecule has 246 valence electrons. The van der Waals surface area contributed by atoms with Crippen LogP contribution in [0.25, 0.3) is 11.1 Å². The van der Waals surface area contributed by atoms with E-state index in [1.165, 1.54) is 10.5 Å². The first-order valence-electron chi connectivity index (χ1n) is 16.1. The second-order valence-electron chi connectivity index (χ2n) is 11.7. The lowest BCUT2D eigenvalue weighted by Gasteiger charge is -2.44. The first kappa shape index (κ1) is 34.3. The summed E-state index contributed by atoms with van der Waals surface area (Å²) in [5, 5.41) is 2.94. The van der Waals surface area contributed by atoms with Crippen molar-refractivity contribution in [3.63, 3.8) is 0 Å². The van der Waals surface area contributed by atoms with Gasteiger partial charge in [0.25, 0.3) is 0 Å². The highest BCUT2D eigenvalue weighted by Gasteiger charge is 2.44. The van der Waals surface area contributed by atoms with E-state index in [1.54, 1.807) is 33.2 Å². The van der Waals surface area contributed by atoms with Crippen molar-refractivity contribution in [2.45, 2.75) is 64.5 Å². The molecule has 2 atom stereocenters. The zero-order valence-electron chi connectivity index (χ0n) is 27.7. The molecule has 0 aliphatic carbocycles. The number of piperazine rings is 1. The summed E-state index contributed by atoms with van der Waals surface area (Å²) in [5.74, 6) is 1.07. The summed E-state index contributed by atoms with van der Waals surface area (Å²) >= 11 is 0. The Morgan fingerprint density at radius 3 is 2.07 bits per heavy atom. The molecule has 1 N–H and O–H groups in total. The van der Waals surface area contributed by atoms with Crippen LogP contribution in [0.3, 0.4) is 0 Å². The number of nitrogens with zero attached hydrogens (tertiary/aromatic N) is 2. The van der Waals surface area contributed by atoms with E-state index in [4.69, 9.17) is 14.2 Å². The summed E-state index contributed by atoms with van der Waals surface area (Å²) in [6.07, 6.45) is 4.79. The Kier molecular flexibility index (Phi) is 12.5. The van der Waals surface area contributed by atoms with Crippen LogP contribution < -0.4 is 19.5 Å². The number of aryl methyl sites for hydroxylation is 1. The molecule has 0 spiro atoms. The van der Waals surface area contributed by atoms with Gasteiger partial charge in [-0.15, -0.1) is 0 Å². The van der Waals surface area contributed by atoms with Gasteiger partial charge in [0, 0.05) is 19.5 Å². The number of unbranched alkanes of at least 4 members (excludes halogenated alkanes) is 2. The van der Waals surface area contributed by atoms with E-state index in [9.17, 15) is 14.4 Å². The Morgan fingerprint density at radius 2 is 1.46 bits per heavy atom. The molecule has 0 radical (unpaired) electrons. The largest absolute Gasteiger partial charge is 0.493 e. The third kappa shape index (κ3) is 8.38. The number of carbonyl (C=O) groups excluding carboxylic acids is 3. The average Bonchev–Trinajstić information content (AvgIpc) is 3.08. The standard InChI is InChI=1S/C37H47N3O6/c1-6-7-21-39-31(22-28-16-18-29(19-17-28)30-23-32(44-3)35(46-5)33(24-30)45-4)37(43)40(26(2)36(39)42)25-34(41)38-20-12-11-15-27-13-9-8-10-14-27/h8-10,13-14,16-19,23-24,26,31H,6-7,11-12,15,20-22,25H2,1-5H3,(H,38,41)/t26-,31+/m0/s1. The Balaban J connectivity index is 1.44. The van der Waals surface area contributed by atoms with Gasteiger partial charge in [-0.2, -0.15) is 0 Å². The molecule has 4 rings (SSSR count). The third-order valence-corrected chi connectivity index (χ3v) is 8.56. The molecule has 9 heteroatoms. The lowest BCUT2D eigenvalue weighted by molar-refractivity contribution is -0.162. The van der Waals surface area contributed by atoms with Crippen molar-refractivity contribution in [2.24, 2.45) is 0 Å². The lowest BCUT2D eigenvalue weighted by Crippen LogP contribution is -2.65. The molecule has 0 saturated carbocycles. The van der Waals surface area contributed by atoms with Crippen LogP contribution >= 0.6 is 0 Å². The van der Waals surface area contributed by atoms with Gasteiger partial charge in [-0.3, -0.25) is 14.4 Å². The van der Waals surface area contributed by atoms with Gasteiger partial charge < -0.3 is 29.3 Å². The summed E-state index contributed by atoms with van der Waals surface area (Å²) < 4.78 is 16.5. The summed E-state index contributed by atoms with van der Waals surface area (Å²) in [5.41, 5.74) is 4.02. The van der Waals surface area contributed by atoms with Crippen molar-refractivity contribution in [1.29, 1.82) is 0 Å². The molecule has 3 aromatic carbocycles. The molecule has 0 unspecified atom stereocenters. The fourth-order valence-corrected chi connectivity index (χ4v) is 5.89. The second kappa shape index (κ2) is 16.7. The number of hydrogen-bond acceptors (Lipinski definition) is 6. The van der Waals surface area contributed by atoms with Crippen LogP contribution in [-0.2, 0) is 27.2 Å². The van der Waals surface area contributed by atoms with E-state index in [-0.39, 0.29) is 24.3 Å². The van der Waals surface area contributed by atoms with E-state index < -0.39 is 12.1 Å². The molecule has 1 saturated heterocycles. The summed E-state index contributed by atoms with van der Waals surface area (Å²) in [4.78, 5) is 43.6. The third-order valence-electron chi connectivity index (χ3n) is 8.56. The quantitative estimate of drug-likeness (QED) is 0.217. The van der Waals surface area contributed by atoms with Crippen molar-refractivity contribution in [2.75, 3.05) is 41.0 Å². The van der Waals surface area contributed by atoms with E-state index in [1.807, 2.05) is 54.6 Å². The Bertz CT molecular complexity index is 1430. The predicted molar refractivity (Wildman–Crippen MR) is 179 cm³/mol. The molecule has 3 amide bonds. The predicted octanol–water partition coefficient (Wildman–Crippen LogP) is 5.29. The van der Waals surface area contributed by atoms with Crippen LogP contribution in [0.4, 0.5) is 0 Å². The van der Waals surface area contributed by atoms with Gasteiger partial charge in [-0.1, -0.05) is 67.9 Å². The van der Waals surface area contributed by atoms with Crippen LogP contribution in [0.5, 0.6) is 17.2 Å². The Labute approximate surface area is 272 Å². The minimum absolute atomic E-state index is 0.122. The minimum Gasteiger partial charge on any atom is -0.493 e. The summed E-state index contributed by atoms with van der Waals surface area (Å²) in [6.45, 7) is 4.67. The molecule has 1 heterocycles. The molecule has 0 aromatic heterocycles. The number of hydrogen-bond donors (Lipinski definition) is 1. The minimum atomic E-state index is -0.702. The number of amides is 3. The zero-order chi connectivity index (χ0) is 33.1. The molecule has 1 fully saturated rings. The maximum atomic E-state index is 13.9. The molecular formula is C37H47N3O6. The molecule has 0 bridgehead atoms. The van der Waals surface area contributed by atoms with Gasteiger partial charge in [-0.05, 0) is 67.0 Å². The van der Waals surface area contributed by atoms with Crippen LogP contribution in [0, 0.1) is 0 Å². The number of methoxy groups -OCH3 is 3. The van der Waals surface area contributed by atoms with Crippen LogP contribution in [0.1, 0.15) is 50.7 Å². The van der Waals surface area contributed by atoms with Crippen molar-refractivity contribution in [1.82, 2.24) is 15.1 Å². The molecule has 1 aliphatic heterocycles. The maximum Gasteiger partial charge on any atom is 0.246 e. The first-order valence-corrected chi connectivity index (χ1v) is 16.1. The highest BCUT2D eigenvalue weighted by Crippen LogP contribution is 2.41. The van der Waals surface area contributed by atoms with Crippen LogP contribution in [0.15, 0.2) is 66.7 Å². The summed E-state index contributed by atoms with van der Waals surface area (Å²) in [7, 11) is 4.73. The average molecular weight is 630 g/mol. The van der Waals surface area contributed by atoms with Gasteiger partial charge in [-0.25, -0.2) is 0 Å². The highest BCUT2D eigenvalue weighted by molar-refractivity contribution is 5.99. The number of ether oxygens (including phenoxy) is 3. The molecule has 46 heavy (non-hydrogen) atoms. The van der Waals surface area contributed by atoms with Gasteiger partial charge in [0.2, 0.25) is 23.5 Å². The monoisotopic (exact) mass is 629 g/mol. The lowest BCUT2D eigenvalue weighted by atomic mass is 9.96. The summed E-state index contributed by atoms with van der Waals surface area (Å²) in [6, 6.07) is 20.6. The van der Waals surface area contributed by atoms with E-state index in [0.29, 0.717) is 36.8 Å². The van der Waals surface area contributed by atoms with Crippen LogP contribution in [-0.4, -0.2) is 80.6 Å². The SMILES string of the molecule is CCCCN1C(=O)[C@H](C)N(CC(=O)NCCCCc2ccccc2)C(=O)[C@H]1Cc1ccc(-c2cc(OC)c(OC)c(OC)c2)cc1. The number of rotatable bonds is 16. The molecule has 1 aliphatic rings. The van der Waals surface area contributed by atoms with Crippen molar-refractivity contribution < 1.29 is 28.6 Å². The van der Waals surface area contributed by atoms with E-state index in [2.05, 4.69) is 24.4 Å². The number of benzene rings is 3. The number of carbonyl (C=O) groups is 3. The van der Waals surface area contributed by atoms with Gasteiger partial charge in [0.1, 0.15) is 18.6 Å². The van der Waals surface area contributed by atoms with Gasteiger partial charge in [0.15, 0.2) is 11.5 Å². The number of nitrogens with one attached hydrogen (secondary N) is 1. The van der Waals surface area contributed by atoms with Crippen molar-refractivity contribution in [3.05, 3.63) is 77.9 Å². The maximum absolute atomic E-state index is 13.9. The van der Waals surface area contributed by atoms with Crippen molar-refractivity contribution >= 4 is 17.7 Å². The molecular weight excluding hydrogens is 582 g/mol. The van der Waals surface area contributed by atoms with Crippen LogP contribution in [0.2, 0.25) is 0 Å². The normalized spacial score (nSPS) is 16.4. The molecule has 9 nitrogen and oxygen atoms in total. The van der Waals surface area contributed by atoms with E-state index in [0.717, 1.165) is 48.8 Å². The first-order chi connectivity index (χ1) is 22.3. The Hall–Kier alpha value is -4.53. The topological polar surface area (TPSA) is 97.4 Å². The zero-order valence-corrected chi connectivity index (χ0v) is 27.7. The smallest absolute Gasteiger partial charge is 0.246 e. The fourth-order valence-electron chi connectivity index (χ4n) is 5.89. The molecule has 3 aromatic rings. The second-order valence-corrected chi connectivity index (χ2v) is 11.7. The Morgan fingerprint density at radius 1 is 0.783 bits per heavy atom. The van der Waals surface area contributed by atoms with Gasteiger partial charge in [0.05, 0.1) is 21.3 Å². The highest BCUT2D eigenvalue weighted by atomic mass is 16.5. The van der Waals surface area contributed by atoms with Crippen molar-refractivity contribution in [3.8, 4) is 28.4 Å². The van der Waals surface area contributed by atoms with Gasteiger partial charge >= 0.3 is 0 Å². The fraction of sp³-hybridized carbons (Fsp3) is 0.432. The van der Waals surface area contributed by atoms with E-state index >= 15 is 0 Å².